The smallest absolute Gasteiger partial charge is 0.163 e. The van der Waals surface area contributed by atoms with E-state index in [4.69, 9.17) is 4.74 Å². The van der Waals surface area contributed by atoms with Gasteiger partial charge in [0, 0.05) is 24.7 Å². The van der Waals surface area contributed by atoms with Gasteiger partial charge >= 0.3 is 0 Å². The molecule has 0 radical (unpaired) electrons. The molecule has 9 heteroatoms. The summed E-state index contributed by atoms with van der Waals surface area (Å²) in [6.07, 6.45) is 4.97. The second-order valence-electron chi connectivity index (χ2n) is 5.79. The lowest BCUT2D eigenvalue weighted by atomic mass is 9.79. The van der Waals surface area contributed by atoms with Crippen molar-refractivity contribution in [1.82, 2.24) is 24.7 Å². The highest BCUT2D eigenvalue weighted by molar-refractivity contribution is 5.30. The second kappa shape index (κ2) is 7.20. The normalized spacial score (nSPS) is 14.8. The van der Waals surface area contributed by atoms with E-state index in [0.29, 0.717) is 0 Å². The molecular formula is C17H16F3N5O. The maximum atomic E-state index is 14.6. The monoisotopic (exact) mass is 363 g/mol. The molecule has 2 aromatic heterocycles. The molecule has 3 rings (SSSR count). The Morgan fingerprint density at radius 3 is 2.58 bits per heavy atom. The molecule has 2 heterocycles. The third-order valence-corrected chi connectivity index (χ3v) is 4.42. The topological polar surface area (TPSA) is 65.7 Å². The van der Waals surface area contributed by atoms with Crippen LogP contribution >= 0.6 is 0 Å². The summed E-state index contributed by atoms with van der Waals surface area (Å²) >= 11 is 0. The Hall–Kier alpha value is -2.81. The molecule has 0 unspecified atom stereocenters. The molecule has 0 bridgehead atoms. The van der Waals surface area contributed by atoms with Crippen LogP contribution in [0.15, 0.2) is 43.4 Å². The Bertz CT molecular complexity index is 890. The predicted octanol–water partition coefficient (Wildman–Crippen LogP) is 2.83. The van der Waals surface area contributed by atoms with E-state index in [9.17, 15) is 13.2 Å². The number of hydrogen-bond acceptors (Lipinski definition) is 5. The Labute approximate surface area is 147 Å². The molecule has 136 valence electrons. The van der Waals surface area contributed by atoms with Crippen LogP contribution in [0.1, 0.15) is 24.1 Å². The molecule has 0 aliphatic carbocycles. The van der Waals surface area contributed by atoms with Crippen LogP contribution in [0, 0.1) is 17.5 Å². The van der Waals surface area contributed by atoms with Crippen molar-refractivity contribution in [2.75, 3.05) is 7.11 Å². The first-order valence-electron chi connectivity index (χ1n) is 7.76. The van der Waals surface area contributed by atoms with Gasteiger partial charge in [-0.1, -0.05) is 13.0 Å². The zero-order valence-corrected chi connectivity index (χ0v) is 14.1. The van der Waals surface area contributed by atoms with Crippen LogP contribution in [0.25, 0.3) is 0 Å². The van der Waals surface area contributed by atoms with Crippen LogP contribution < -0.4 is 0 Å². The lowest BCUT2D eigenvalue weighted by Gasteiger charge is -2.38. The first-order valence-corrected chi connectivity index (χ1v) is 7.76. The fourth-order valence-electron chi connectivity index (χ4n) is 3.06. The molecule has 3 aromatic rings. The molecule has 26 heavy (non-hydrogen) atoms. The maximum Gasteiger partial charge on any atom is 0.163 e. The molecule has 0 aliphatic rings. The third-order valence-electron chi connectivity index (χ3n) is 4.42. The molecule has 0 saturated carbocycles. The van der Waals surface area contributed by atoms with Crippen LogP contribution in [0.5, 0.6) is 0 Å². The van der Waals surface area contributed by atoms with E-state index in [2.05, 4.69) is 20.1 Å². The molecule has 0 spiro atoms. The van der Waals surface area contributed by atoms with Crippen molar-refractivity contribution in [3.8, 4) is 0 Å². The minimum absolute atomic E-state index is 0.0106. The van der Waals surface area contributed by atoms with Crippen LogP contribution in [-0.2, 0) is 16.9 Å². The quantitative estimate of drug-likeness (QED) is 0.674. The lowest BCUT2D eigenvalue weighted by Crippen LogP contribution is -2.41. The van der Waals surface area contributed by atoms with Crippen LogP contribution in [0.4, 0.5) is 13.2 Å². The third kappa shape index (κ3) is 3.17. The van der Waals surface area contributed by atoms with Crippen LogP contribution in [0.2, 0.25) is 0 Å². The Balaban J connectivity index is 2.18. The van der Waals surface area contributed by atoms with Crippen molar-refractivity contribution >= 4 is 0 Å². The standard InChI is InChI=1S/C17H16F3N5O/c1-11(16-15(20)6-21-8-23-16)17(26-2,7-25-10-22-9-24-25)13-4-3-12(18)5-14(13)19/h3-6,8-11H,7H2,1-2H3/t11-,17+/m0/s1. The highest BCUT2D eigenvalue weighted by atomic mass is 19.1. The van der Waals surface area contributed by atoms with Gasteiger partial charge in [-0.3, -0.25) is 0 Å². The summed E-state index contributed by atoms with van der Waals surface area (Å²) in [7, 11) is 1.37. The molecule has 0 amide bonds. The van der Waals surface area contributed by atoms with Gasteiger partial charge in [0.2, 0.25) is 0 Å². The number of aromatic nitrogens is 5. The minimum atomic E-state index is -1.42. The fourth-order valence-corrected chi connectivity index (χ4v) is 3.06. The van der Waals surface area contributed by atoms with Crippen LogP contribution in [-0.4, -0.2) is 31.8 Å². The summed E-state index contributed by atoms with van der Waals surface area (Å²) < 4.78 is 49.5. The summed E-state index contributed by atoms with van der Waals surface area (Å²) in [5.41, 5.74) is -1.31. The number of benzene rings is 1. The van der Waals surface area contributed by atoms with Gasteiger partial charge in [0.1, 0.15) is 36.2 Å². The van der Waals surface area contributed by atoms with Gasteiger partial charge in [-0.15, -0.1) is 0 Å². The first-order chi connectivity index (χ1) is 12.5. The Morgan fingerprint density at radius 2 is 1.96 bits per heavy atom. The summed E-state index contributed by atoms with van der Waals surface area (Å²) in [6, 6.07) is 3.16. The number of nitrogens with zero attached hydrogens (tertiary/aromatic N) is 5. The predicted molar refractivity (Wildman–Crippen MR) is 85.5 cm³/mol. The SMILES string of the molecule is CO[C@@](Cn1cncn1)(c1ccc(F)cc1F)[C@@H](C)c1ncncc1F. The average Bonchev–Trinajstić information content (AvgIpc) is 3.13. The van der Waals surface area contributed by atoms with E-state index < -0.39 is 29.0 Å². The minimum Gasteiger partial charge on any atom is -0.371 e. The van der Waals surface area contributed by atoms with Gasteiger partial charge in [0.25, 0.3) is 0 Å². The van der Waals surface area contributed by atoms with E-state index in [1.165, 1.54) is 36.8 Å². The molecule has 0 N–H and O–H groups in total. The van der Waals surface area contributed by atoms with Gasteiger partial charge in [-0.05, 0) is 6.07 Å². The number of hydrogen-bond donors (Lipinski definition) is 0. The molecule has 0 saturated heterocycles. The van der Waals surface area contributed by atoms with E-state index in [1.54, 1.807) is 6.92 Å². The number of rotatable bonds is 6. The zero-order chi connectivity index (χ0) is 18.7. The van der Waals surface area contributed by atoms with Crippen molar-refractivity contribution < 1.29 is 17.9 Å². The summed E-state index contributed by atoms with van der Waals surface area (Å²) in [4.78, 5) is 11.5. The van der Waals surface area contributed by atoms with E-state index in [1.807, 2.05) is 0 Å². The Morgan fingerprint density at radius 1 is 1.15 bits per heavy atom. The van der Waals surface area contributed by atoms with Gasteiger partial charge < -0.3 is 4.74 Å². The van der Waals surface area contributed by atoms with E-state index in [-0.39, 0.29) is 17.8 Å². The van der Waals surface area contributed by atoms with Crippen LogP contribution in [0.3, 0.4) is 0 Å². The average molecular weight is 363 g/mol. The summed E-state index contributed by atoms with van der Waals surface area (Å²) in [5, 5.41) is 4.02. The molecule has 2 atom stereocenters. The summed E-state index contributed by atoms with van der Waals surface area (Å²) in [6.45, 7) is 1.66. The summed E-state index contributed by atoms with van der Waals surface area (Å²) in [5.74, 6) is -2.94. The van der Waals surface area contributed by atoms with Crippen molar-refractivity contribution in [2.24, 2.45) is 0 Å². The Kier molecular flexibility index (Phi) is 4.99. The van der Waals surface area contributed by atoms with Crippen molar-refractivity contribution in [3.63, 3.8) is 0 Å². The molecule has 0 aliphatic heterocycles. The van der Waals surface area contributed by atoms with E-state index >= 15 is 0 Å². The highest BCUT2D eigenvalue weighted by Crippen LogP contribution is 2.42. The molecule has 0 fully saturated rings. The van der Waals surface area contributed by atoms with Gasteiger partial charge in [0.15, 0.2) is 5.82 Å². The fraction of sp³-hybridized carbons (Fsp3) is 0.294. The van der Waals surface area contributed by atoms with Crippen molar-refractivity contribution in [2.45, 2.75) is 25.0 Å². The zero-order valence-electron chi connectivity index (χ0n) is 14.1. The first kappa shape index (κ1) is 18.0. The van der Waals surface area contributed by atoms with Crippen molar-refractivity contribution in [3.05, 3.63) is 72.1 Å². The van der Waals surface area contributed by atoms with Gasteiger partial charge in [0.05, 0.1) is 18.4 Å². The van der Waals surface area contributed by atoms with Gasteiger partial charge in [-0.2, -0.15) is 5.10 Å². The largest absolute Gasteiger partial charge is 0.371 e. The molecule has 6 nitrogen and oxygen atoms in total. The second-order valence-corrected chi connectivity index (χ2v) is 5.79. The number of methoxy groups -OCH3 is 1. The number of halogens is 3. The highest BCUT2D eigenvalue weighted by Gasteiger charge is 2.44. The number of ether oxygens (including phenoxy) is 1. The maximum absolute atomic E-state index is 14.6. The van der Waals surface area contributed by atoms with Crippen molar-refractivity contribution in [1.29, 1.82) is 0 Å². The molecule has 1 aromatic carbocycles. The lowest BCUT2D eigenvalue weighted by molar-refractivity contribution is -0.0555. The molecular weight excluding hydrogens is 347 g/mol. The van der Waals surface area contributed by atoms with E-state index in [0.717, 1.165) is 18.3 Å². The van der Waals surface area contributed by atoms with Gasteiger partial charge in [-0.25, -0.2) is 32.8 Å².